The van der Waals surface area contributed by atoms with Gasteiger partial charge in [0.05, 0.1) is 12.2 Å². The van der Waals surface area contributed by atoms with Crippen molar-refractivity contribution in [2.24, 2.45) is 4.99 Å². The third-order valence-electron chi connectivity index (χ3n) is 5.04. The van der Waals surface area contributed by atoms with E-state index in [0.717, 1.165) is 71.1 Å². The molecule has 1 aromatic carbocycles. The Morgan fingerprint density at radius 3 is 2.52 bits per heavy atom. The predicted octanol–water partition coefficient (Wildman–Crippen LogP) is 3.87. The van der Waals surface area contributed by atoms with Gasteiger partial charge in [-0.05, 0) is 38.2 Å². The van der Waals surface area contributed by atoms with Crippen molar-refractivity contribution in [1.82, 2.24) is 10.2 Å². The summed E-state index contributed by atoms with van der Waals surface area (Å²) in [5, 5.41) is 3.47. The highest BCUT2D eigenvalue weighted by molar-refractivity contribution is 14.0. The van der Waals surface area contributed by atoms with Gasteiger partial charge in [-0.3, -0.25) is 4.99 Å². The maximum Gasteiger partial charge on any atom is 0.193 e. The number of piperidine rings is 1. The lowest BCUT2D eigenvalue weighted by atomic mass is 10.1. The number of likely N-dealkylation sites (tertiary alicyclic amines) is 1. The van der Waals surface area contributed by atoms with E-state index in [1.54, 1.807) is 7.11 Å². The summed E-state index contributed by atoms with van der Waals surface area (Å²) < 4.78 is 16.9. The van der Waals surface area contributed by atoms with E-state index in [9.17, 15) is 0 Å². The van der Waals surface area contributed by atoms with Crippen LogP contribution in [0.4, 0.5) is 0 Å². The Morgan fingerprint density at radius 1 is 1.14 bits per heavy atom. The first-order valence-corrected chi connectivity index (χ1v) is 10.5. The molecule has 1 aromatic rings. The fourth-order valence-electron chi connectivity index (χ4n) is 3.37. The van der Waals surface area contributed by atoms with Crippen molar-refractivity contribution in [2.45, 2.75) is 44.8 Å². The monoisotopic (exact) mass is 519 g/mol. The van der Waals surface area contributed by atoms with Crippen LogP contribution >= 0.6 is 24.0 Å². The van der Waals surface area contributed by atoms with Crippen molar-refractivity contribution < 1.29 is 14.2 Å². The third-order valence-corrected chi connectivity index (χ3v) is 5.04. The van der Waals surface area contributed by atoms with E-state index in [2.05, 4.69) is 46.4 Å². The molecule has 1 unspecified atom stereocenters. The first-order valence-electron chi connectivity index (χ1n) is 10.5. The van der Waals surface area contributed by atoms with Gasteiger partial charge in [0, 0.05) is 53.6 Å². The van der Waals surface area contributed by atoms with Crippen LogP contribution in [0.15, 0.2) is 35.3 Å². The molecule has 1 fully saturated rings. The first kappa shape index (κ1) is 26.1. The molecule has 0 bridgehead atoms. The lowest BCUT2D eigenvalue weighted by Gasteiger charge is -2.34. The minimum atomic E-state index is 0. The Balaban J connectivity index is 0.00000420. The predicted molar refractivity (Wildman–Crippen MR) is 129 cm³/mol. The normalized spacial score (nSPS) is 16.4. The minimum Gasteiger partial charge on any atom is -0.385 e. The Hall–Kier alpha value is -0.900. The Labute approximate surface area is 193 Å². The Kier molecular flexibility index (Phi) is 14.3. The van der Waals surface area contributed by atoms with Crippen LogP contribution in [-0.2, 0) is 14.2 Å². The largest absolute Gasteiger partial charge is 0.385 e. The summed E-state index contributed by atoms with van der Waals surface area (Å²) >= 11 is 0. The van der Waals surface area contributed by atoms with E-state index < -0.39 is 0 Å². The van der Waals surface area contributed by atoms with E-state index in [-0.39, 0.29) is 30.1 Å². The molecule has 0 aliphatic carbocycles. The summed E-state index contributed by atoms with van der Waals surface area (Å²) in [5.41, 5.74) is 1.22. The summed E-state index contributed by atoms with van der Waals surface area (Å²) in [6.07, 6.45) is 4.50. The molecule has 29 heavy (non-hydrogen) atoms. The molecule has 6 nitrogen and oxygen atoms in total. The molecule has 0 spiro atoms. The van der Waals surface area contributed by atoms with Gasteiger partial charge in [-0.2, -0.15) is 0 Å². The number of benzene rings is 1. The van der Waals surface area contributed by atoms with Crippen molar-refractivity contribution in [1.29, 1.82) is 0 Å². The van der Waals surface area contributed by atoms with E-state index in [4.69, 9.17) is 14.2 Å². The van der Waals surface area contributed by atoms with Crippen molar-refractivity contribution in [2.75, 3.05) is 53.6 Å². The number of hydrogen-bond acceptors (Lipinski definition) is 4. The molecular weight excluding hydrogens is 481 g/mol. The fraction of sp³-hybridized carbons (Fsp3) is 0.682. The van der Waals surface area contributed by atoms with E-state index in [0.29, 0.717) is 6.10 Å². The zero-order valence-electron chi connectivity index (χ0n) is 18.1. The number of rotatable bonds is 11. The number of methoxy groups -OCH3 is 1. The maximum atomic E-state index is 5.94. The number of nitrogens with one attached hydrogen (secondary N) is 1. The Bertz CT molecular complexity index is 551. The highest BCUT2D eigenvalue weighted by Gasteiger charge is 2.21. The first-order chi connectivity index (χ1) is 13.7. The van der Waals surface area contributed by atoms with Crippen LogP contribution in [0.1, 0.15) is 44.3 Å². The lowest BCUT2D eigenvalue weighted by Crippen LogP contribution is -2.47. The van der Waals surface area contributed by atoms with Crippen molar-refractivity contribution >= 4 is 29.9 Å². The fourth-order valence-corrected chi connectivity index (χ4v) is 3.37. The van der Waals surface area contributed by atoms with Crippen LogP contribution in [0.5, 0.6) is 0 Å². The van der Waals surface area contributed by atoms with Crippen LogP contribution in [0.25, 0.3) is 0 Å². The zero-order chi connectivity index (χ0) is 20.0. The molecule has 2 rings (SSSR count). The second kappa shape index (κ2) is 15.9. The van der Waals surface area contributed by atoms with E-state index in [1.807, 2.05) is 13.1 Å². The molecule has 1 heterocycles. The summed E-state index contributed by atoms with van der Waals surface area (Å²) in [6, 6.07) is 10.3. The van der Waals surface area contributed by atoms with Crippen molar-refractivity contribution in [3.05, 3.63) is 35.9 Å². The van der Waals surface area contributed by atoms with Crippen LogP contribution in [-0.4, -0.2) is 70.6 Å². The number of aliphatic imine (C=N–C) groups is 1. The van der Waals surface area contributed by atoms with Gasteiger partial charge in [0.2, 0.25) is 0 Å². The van der Waals surface area contributed by atoms with Gasteiger partial charge >= 0.3 is 0 Å². The smallest absolute Gasteiger partial charge is 0.193 e. The van der Waals surface area contributed by atoms with Gasteiger partial charge in [0.1, 0.15) is 0 Å². The van der Waals surface area contributed by atoms with E-state index in [1.165, 1.54) is 5.56 Å². The molecule has 0 radical (unpaired) electrons. The number of halogens is 1. The lowest BCUT2D eigenvalue weighted by molar-refractivity contribution is 0.00988. The number of guanidine groups is 1. The van der Waals surface area contributed by atoms with Gasteiger partial charge in [-0.15, -0.1) is 24.0 Å². The van der Waals surface area contributed by atoms with Crippen molar-refractivity contribution in [3.63, 3.8) is 0 Å². The third kappa shape index (κ3) is 10.1. The van der Waals surface area contributed by atoms with Gasteiger partial charge < -0.3 is 24.4 Å². The van der Waals surface area contributed by atoms with Gasteiger partial charge in [-0.1, -0.05) is 30.3 Å². The zero-order valence-corrected chi connectivity index (χ0v) is 20.5. The highest BCUT2D eigenvalue weighted by Crippen LogP contribution is 2.16. The molecule has 1 aliphatic heterocycles. The quantitative estimate of drug-likeness (QED) is 0.208. The molecule has 0 saturated carbocycles. The molecule has 0 amide bonds. The summed E-state index contributed by atoms with van der Waals surface area (Å²) in [5.74, 6) is 0.981. The second-order valence-corrected chi connectivity index (χ2v) is 7.15. The second-order valence-electron chi connectivity index (χ2n) is 7.15. The average molecular weight is 519 g/mol. The molecular formula is C22H38IN3O3. The van der Waals surface area contributed by atoms with Gasteiger partial charge in [0.25, 0.3) is 0 Å². The summed E-state index contributed by atoms with van der Waals surface area (Å²) in [4.78, 5) is 6.76. The average Bonchev–Trinajstić information content (AvgIpc) is 2.75. The SMILES string of the molecule is CN=C(NCCCOC(C)c1ccccc1)N1CCC(OCCCOC)CC1.I. The topological polar surface area (TPSA) is 55.3 Å². The molecule has 1 atom stereocenters. The van der Waals surface area contributed by atoms with Crippen LogP contribution < -0.4 is 5.32 Å². The molecule has 166 valence electrons. The molecule has 0 aromatic heterocycles. The summed E-state index contributed by atoms with van der Waals surface area (Å²) in [7, 11) is 3.58. The number of nitrogens with zero attached hydrogens (tertiary/aromatic N) is 2. The summed E-state index contributed by atoms with van der Waals surface area (Å²) in [6.45, 7) is 7.21. The molecule has 1 N–H and O–H groups in total. The highest BCUT2D eigenvalue weighted by atomic mass is 127. The molecule has 1 saturated heterocycles. The van der Waals surface area contributed by atoms with Crippen LogP contribution in [0.3, 0.4) is 0 Å². The van der Waals surface area contributed by atoms with E-state index >= 15 is 0 Å². The molecule has 1 aliphatic rings. The van der Waals surface area contributed by atoms with Gasteiger partial charge in [-0.25, -0.2) is 0 Å². The standard InChI is InChI=1S/C22H37N3O3.HI/c1-19(20-9-5-4-6-10-20)27-17-7-13-24-22(23-2)25-14-11-21(12-15-25)28-18-8-16-26-3;/h4-6,9-10,19,21H,7-8,11-18H2,1-3H3,(H,23,24);1H. The van der Waals surface area contributed by atoms with Crippen molar-refractivity contribution in [3.8, 4) is 0 Å². The number of hydrogen-bond donors (Lipinski definition) is 1. The van der Waals surface area contributed by atoms with Gasteiger partial charge in [0.15, 0.2) is 5.96 Å². The number of ether oxygens (including phenoxy) is 3. The molecule has 7 heteroatoms. The minimum absolute atomic E-state index is 0. The Morgan fingerprint density at radius 2 is 1.86 bits per heavy atom. The van der Waals surface area contributed by atoms with Crippen LogP contribution in [0.2, 0.25) is 0 Å². The van der Waals surface area contributed by atoms with Crippen LogP contribution in [0, 0.1) is 0 Å². The maximum absolute atomic E-state index is 5.94.